The second-order valence-corrected chi connectivity index (χ2v) is 22.6. The van der Waals surface area contributed by atoms with Crippen molar-refractivity contribution in [2.45, 2.75) is 136 Å². The zero-order chi connectivity index (χ0) is 56.0. The van der Waals surface area contributed by atoms with Crippen molar-refractivity contribution in [3.63, 3.8) is 0 Å². The van der Waals surface area contributed by atoms with Crippen molar-refractivity contribution in [1.82, 2.24) is 19.4 Å². The molecule has 6 aliphatic rings. The van der Waals surface area contributed by atoms with Crippen molar-refractivity contribution in [2.24, 2.45) is 52.5 Å². The average molecular weight is 1070 g/mol. The number of carbonyl (C=O) groups is 4. The Bertz CT molecular complexity index is 2990. The number of likely N-dealkylation sites (tertiary alicyclic amines) is 2. The number of fused-ring (bicyclic) bond motifs is 13. The van der Waals surface area contributed by atoms with Crippen LogP contribution >= 0.6 is 0 Å². The van der Waals surface area contributed by atoms with Crippen LogP contribution in [0.5, 0.6) is 17.2 Å². The molecule has 1 aromatic heterocycles. The number of ether oxygens (including phenoxy) is 4. The topological polar surface area (TPSA) is 267 Å². The summed E-state index contributed by atoms with van der Waals surface area (Å²) in [6.45, 7) is 18.6. The first-order valence-electron chi connectivity index (χ1n) is 26.9. The minimum atomic E-state index is -2.03. The molecule has 3 aromatic rings. The minimum absolute atomic E-state index is 0.0149. The van der Waals surface area contributed by atoms with E-state index in [1.807, 2.05) is 7.05 Å². The Hall–Kier alpha value is -6.19. The number of aliphatic hydroxyl groups excluding tert-OH is 3. The van der Waals surface area contributed by atoms with E-state index in [1.54, 1.807) is 68.6 Å². The van der Waals surface area contributed by atoms with E-state index < -0.39 is 107 Å². The number of hydrogen-bond acceptors (Lipinski definition) is 17. The number of rotatable bonds is 8. The average Bonchev–Trinajstić information content (AvgIpc) is 4.14. The van der Waals surface area contributed by atoms with Crippen LogP contribution in [0.4, 0.5) is 5.69 Å². The van der Waals surface area contributed by atoms with Crippen LogP contribution in [-0.2, 0) is 35.6 Å². The number of hydrogen-bond donors (Lipinski definition) is 6. The first-order chi connectivity index (χ1) is 36.4. The van der Waals surface area contributed by atoms with Gasteiger partial charge in [-0.05, 0) is 44.6 Å². The third kappa shape index (κ3) is 11.1. The minimum Gasteiger partial charge on any atom is -0.507 e. The highest BCUT2D eigenvalue weighted by Crippen LogP contribution is 2.51. The number of methoxy groups -OCH3 is 1. The Morgan fingerprint density at radius 1 is 0.935 bits per heavy atom. The molecule has 20 nitrogen and oxygen atoms in total. The number of benzene rings is 2. The number of Topliss-reactive ketones (excluding diaryl/α,β-unsaturated/α-hetero) is 1. The molecule has 6 N–H and O–H groups in total. The number of piperidine rings is 2. The Morgan fingerprint density at radius 3 is 2.26 bits per heavy atom. The number of nitrogens with one attached hydrogen (secondary N) is 1. The number of phenolic OH excluding ortho intramolecular Hbond substituents is 2. The molecule has 1 spiro atoms. The van der Waals surface area contributed by atoms with Gasteiger partial charge >= 0.3 is 11.8 Å². The lowest BCUT2D eigenvalue weighted by molar-refractivity contribution is -0.165. The van der Waals surface area contributed by atoms with E-state index in [4.69, 9.17) is 23.9 Å². The maximum atomic E-state index is 15.0. The van der Waals surface area contributed by atoms with Crippen LogP contribution < -0.4 is 20.8 Å². The Morgan fingerprint density at radius 2 is 1.62 bits per heavy atom. The van der Waals surface area contributed by atoms with E-state index in [2.05, 4.69) is 34.0 Å². The molecule has 0 radical (unpaired) electrons. The van der Waals surface area contributed by atoms with E-state index in [1.165, 1.54) is 39.4 Å². The maximum absolute atomic E-state index is 15.0. The zero-order valence-electron chi connectivity index (χ0n) is 46.1. The van der Waals surface area contributed by atoms with E-state index in [9.17, 15) is 44.7 Å². The lowest BCUT2D eigenvalue weighted by Gasteiger charge is -2.38. The van der Waals surface area contributed by atoms with Crippen molar-refractivity contribution in [2.75, 3.05) is 45.2 Å². The largest absolute Gasteiger partial charge is 0.507 e. The Balaban J connectivity index is 1.13. The normalized spacial score (nSPS) is 30.2. The maximum Gasteiger partial charge on any atom is 0.315 e. The molecule has 0 saturated carbocycles. The van der Waals surface area contributed by atoms with E-state index >= 15 is 0 Å². The highest BCUT2D eigenvalue weighted by molar-refractivity contribution is 6.21. The number of aromatic nitrogens is 2. The molecule has 5 bridgehead atoms. The van der Waals surface area contributed by atoms with Crippen molar-refractivity contribution in [3.8, 4) is 17.2 Å². The number of anilines is 1. The van der Waals surface area contributed by atoms with Gasteiger partial charge < -0.3 is 64.2 Å². The summed E-state index contributed by atoms with van der Waals surface area (Å²) in [6, 6.07) is 0. The van der Waals surface area contributed by atoms with Gasteiger partial charge in [-0.25, -0.2) is 9.98 Å². The molecule has 6 aliphatic heterocycles. The van der Waals surface area contributed by atoms with Gasteiger partial charge in [0.25, 0.3) is 11.7 Å². The van der Waals surface area contributed by atoms with Crippen LogP contribution in [0.1, 0.15) is 115 Å². The van der Waals surface area contributed by atoms with Gasteiger partial charge in [0.05, 0.1) is 41.2 Å². The molecule has 0 unspecified atom stereocenters. The number of allylic oxidation sites excluding steroid dienone is 2. The quantitative estimate of drug-likeness (QED) is 0.100. The number of aliphatic hydroxyl groups is 3. The number of amides is 2. The molecule has 77 heavy (non-hydrogen) atoms. The molecule has 2 aromatic carbocycles. The molecule has 10 atom stereocenters. The summed E-state index contributed by atoms with van der Waals surface area (Å²) in [5.41, 5.74) is -0.290. The number of aryl methyl sites for hydroxylation is 1. The molecule has 0 aliphatic carbocycles. The summed E-state index contributed by atoms with van der Waals surface area (Å²) >= 11 is 0. The molecule has 2 fully saturated rings. The molecule has 9 rings (SSSR count). The Labute approximate surface area is 449 Å². The zero-order valence-corrected chi connectivity index (χ0v) is 46.1. The first kappa shape index (κ1) is 57.0. The number of carbonyl (C=O) groups excluding carboxylic acids is 4. The lowest BCUT2D eigenvalue weighted by Crippen LogP contribution is -2.47. The third-order valence-electron chi connectivity index (χ3n) is 16.6. The van der Waals surface area contributed by atoms with Crippen molar-refractivity contribution in [1.29, 1.82) is 0 Å². The predicted molar refractivity (Wildman–Crippen MR) is 284 cm³/mol. The smallest absolute Gasteiger partial charge is 0.315 e. The van der Waals surface area contributed by atoms with Gasteiger partial charge in [0.1, 0.15) is 52.3 Å². The number of esters is 1. The first-order valence-corrected chi connectivity index (χ1v) is 26.9. The fourth-order valence-electron chi connectivity index (χ4n) is 11.8. The van der Waals surface area contributed by atoms with Gasteiger partial charge in [-0.1, -0.05) is 59.8 Å². The summed E-state index contributed by atoms with van der Waals surface area (Å²) in [4.78, 5) is 74.4. The van der Waals surface area contributed by atoms with Gasteiger partial charge in [-0.3, -0.25) is 24.2 Å². The van der Waals surface area contributed by atoms with Gasteiger partial charge in [0, 0.05) is 119 Å². The van der Waals surface area contributed by atoms with Crippen LogP contribution in [0.15, 0.2) is 58.5 Å². The summed E-state index contributed by atoms with van der Waals surface area (Å²) in [5.74, 6) is -7.75. The monoisotopic (exact) mass is 1070 g/mol. The molecular weight excluding hydrogens is 991 g/mol. The molecule has 418 valence electrons. The van der Waals surface area contributed by atoms with E-state index in [0.717, 1.165) is 6.54 Å². The van der Waals surface area contributed by atoms with Gasteiger partial charge in [0.15, 0.2) is 5.75 Å². The van der Waals surface area contributed by atoms with Gasteiger partial charge in [0.2, 0.25) is 5.91 Å². The van der Waals surface area contributed by atoms with Crippen molar-refractivity contribution >= 4 is 40.0 Å². The fourth-order valence-corrected chi connectivity index (χ4v) is 11.8. The highest BCUT2D eigenvalue weighted by atomic mass is 16.7. The Kier molecular flexibility index (Phi) is 16.8. The van der Waals surface area contributed by atoms with Crippen molar-refractivity contribution < 1.29 is 63.7 Å². The van der Waals surface area contributed by atoms with E-state index in [0.29, 0.717) is 69.3 Å². The van der Waals surface area contributed by atoms with Gasteiger partial charge in [-0.2, -0.15) is 0 Å². The van der Waals surface area contributed by atoms with Crippen LogP contribution in [-0.4, -0.2) is 144 Å². The number of ketones is 1. The predicted octanol–water partition coefficient (Wildman–Crippen LogP) is 4.83. The van der Waals surface area contributed by atoms with Crippen LogP contribution in [0.25, 0.3) is 10.8 Å². The third-order valence-corrected chi connectivity index (χ3v) is 16.6. The van der Waals surface area contributed by atoms with Crippen LogP contribution in [0.3, 0.4) is 0 Å². The highest BCUT2D eigenvalue weighted by Gasteiger charge is 2.51. The number of imidazole rings is 1. The lowest BCUT2D eigenvalue weighted by atomic mass is 9.78. The van der Waals surface area contributed by atoms with Gasteiger partial charge in [-0.15, -0.1) is 0 Å². The molecule has 20 heteroatoms. The van der Waals surface area contributed by atoms with Crippen molar-refractivity contribution in [3.05, 3.63) is 76.2 Å². The number of aromatic hydroxyl groups is 2. The number of nitrogens with zero attached hydrogens (tertiary/aromatic N) is 6. The molecule has 2 saturated heterocycles. The molecular formula is C57H77N7O13. The number of phenols is 2. The fraction of sp³-hybridized carbons (Fsp3) is 0.596. The summed E-state index contributed by atoms with van der Waals surface area (Å²) in [6.07, 6.45) is 7.20. The standard InChI is InChI=1S/C57H77N7O13/c1-29(2)28-63-23-18-57(19-24-63)60-43-40-41-48(69)35(8)52-42(40)53(72)56(9,77-52)75-26-17-37(74-11)32(5)51(76-39(66)27-38(65)64-21-15-36(16-22-64)49(70)54-58-20-25-62(54)10)34(7)47(68)33(6)46(67)30(3)13-12-14-31(4)55(73)59-45(50(41)71)44(43)61-57/h12-14,17,20,25-26,29-30,32-34,36-37,46-47,49,51,60,67-71H,15-16,18-19,21-24,27-28H2,1-11H3/b13-12+,26-17+,31-14-,59-45?/t30-,32+,33+,34+,37-,46-,47+,49+,51+,56-/m0/s1. The second-order valence-electron chi connectivity index (χ2n) is 22.6. The van der Waals surface area contributed by atoms with Crippen LogP contribution in [0.2, 0.25) is 0 Å². The summed E-state index contributed by atoms with van der Waals surface area (Å²) in [7, 11) is 3.24. The van der Waals surface area contributed by atoms with Crippen LogP contribution in [0, 0.1) is 42.4 Å². The summed E-state index contributed by atoms with van der Waals surface area (Å²) < 4.78 is 26.5. The second kappa shape index (κ2) is 22.6. The molecule has 2 amide bonds. The summed E-state index contributed by atoms with van der Waals surface area (Å²) in [5, 5.41) is 62.5. The molecule has 7 heterocycles. The van der Waals surface area contributed by atoms with E-state index in [-0.39, 0.29) is 49.9 Å². The SMILES string of the molecule is CO[C@H]1/C=C/O[C@@]2(C)Oc3c(C)c(O)c4c(O)c(c5c(c4c3C2=O)NC2(CCN(CC(C)C)CC2)N=5)=NC(=O)/C(C)=C\C=C\[C@H](C)[C@H](O)[C@@H](C)[C@@H](O)[C@@H](C)[C@H](OC(=O)CC(=O)N2CCC([C@@H](O)c3nccn3C)CC2)[C@@H]1C.